The number of rotatable bonds is 0. The summed E-state index contributed by atoms with van der Waals surface area (Å²) in [7, 11) is 0. The predicted molar refractivity (Wildman–Crippen MR) is 60.8 cm³/mol. The molecule has 1 unspecified atom stereocenters. The number of fused-ring (bicyclic) bond motifs is 2. The molecule has 3 rings (SSSR count). The zero-order valence-corrected chi connectivity index (χ0v) is 8.84. The zero-order valence-electron chi connectivity index (χ0n) is 8.84. The van der Waals surface area contributed by atoms with Crippen LogP contribution in [0, 0.1) is 5.92 Å². The summed E-state index contributed by atoms with van der Waals surface area (Å²) >= 11 is 0. The first kappa shape index (κ1) is 9.90. The molecule has 2 aliphatic rings. The van der Waals surface area contributed by atoms with Crippen molar-refractivity contribution in [3.05, 3.63) is 59.2 Å². The fourth-order valence-corrected chi connectivity index (χ4v) is 2.28. The van der Waals surface area contributed by atoms with Crippen molar-refractivity contribution >= 4 is 17.3 Å². The summed E-state index contributed by atoms with van der Waals surface area (Å²) in [5.41, 5.74) is 1.03. The highest BCUT2D eigenvalue weighted by molar-refractivity contribution is 6.31. The summed E-state index contributed by atoms with van der Waals surface area (Å²) in [5.74, 6) is -1.73. The third-order valence-corrected chi connectivity index (χ3v) is 3.09. The van der Waals surface area contributed by atoms with E-state index in [2.05, 4.69) is 0 Å². The van der Waals surface area contributed by atoms with Gasteiger partial charge >= 0.3 is 0 Å². The van der Waals surface area contributed by atoms with E-state index in [1.165, 1.54) is 12.2 Å². The second kappa shape index (κ2) is 3.35. The standard InChI is InChI=1S/C14H8O3/c15-11-7-3-6-10-12(11)14(17)9-5-2-1-4-8(9)13(10)16/h1-7,12H. The van der Waals surface area contributed by atoms with Gasteiger partial charge in [-0.1, -0.05) is 36.4 Å². The third-order valence-electron chi connectivity index (χ3n) is 3.09. The highest BCUT2D eigenvalue weighted by atomic mass is 16.2. The van der Waals surface area contributed by atoms with Crippen LogP contribution in [0.2, 0.25) is 0 Å². The Morgan fingerprint density at radius 3 is 2.41 bits per heavy atom. The summed E-state index contributed by atoms with van der Waals surface area (Å²) < 4.78 is 0. The summed E-state index contributed by atoms with van der Waals surface area (Å²) in [4.78, 5) is 36.0. The maximum absolute atomic E-state index is 12.2. The average molecular weight is 224 g/mol. The first-order chi connectivity index (χ1) is 8.20. The Kier molecular flexibility index (Phi) is 1.95. The van der Waals surface area contributed by atoms with Crippen LogP contribution in [0.1, 0.15) is 20.7 Å². The number of carbonyl (C=O) groups is 3. The average Bonchev–Trinajstić information content (AvgIpc) is 2.36. The molecule has 82 valence electrons. The minimum atomic E-state index is -0.928. The minimum absolute atomic E-state index is 0.220. The molecular weight excluding hydrogens is 216 g/mol. The Balaban J connectivity index is 2.28. The molecule has 0 saturated carbocycles. The normalized spacial score (nSPS) is 22.0. The van der Waals surface area contributed by atoms with Crippen LogP contribution < -0.4 is 0 Å². The molecule has 0 amide bonds. The molecule has 0 aromatic heterocycles. The van der Waals surface area contributed by atoms with Crippen LogP contribution in [-0.4, -0.2) is 17.3 Å². The van der Waals surface area contributed by atoms with Crippen LogP contribution in [0.15, 0.2) is 48.1 Å². The van der Waals surface area contributed by atoms with Gasteiger partial charge in [0.1, 0.15) is 5.92 Å². The third kappa shape index (κ3) is 1.25. The van der Waals surface area contributed by atoms with Gasteiger partial charge in [-0.3, -0.25) is 14.4 Å². The number of hydrogen-bond donors (Lipinski definition) is 0. The molecule has 1 aromatic carbocycles. The topological polar surface area (TPSA) is 51.2 Å². The molecule has 0 fully saturated rings. The monoisotopic (exact) mass is 224 g/mol. The van der Waals surface area contributed by atoms with E-state index in [0.717, 1.165) is 0 Å². The molecule has 17 heavy (non-hydrogen) atoms. The van der Waals surface area contributed by atoms with Crippen LogP contribution >= 0.6 is 0 Å². The minimum Gasteiger partial charge on any atom is -0.294 e. The van der Waals surface area contributed by atoms with Crippen molar-refractivity contribution in [1.29, 1.82) is 0 Å². The molecule has 0 N–H and O–H groups in total. The van der Waals surface area contributed by atoms with Crippen LogP contribution in [0.25, 0.3) is 0 Å². The number of hydrogen-bond acceptors (Lipinski definition) is 3. The van der Waals surface area contributed by atoms with E-state index in [1.54, 1.807) is 30.3 Å². The molecule has 2 aliphatic carbocycles. The van der Waals surface area contributed by atoms with E-state index >= 15 is 0 Å². The Labute approximate surface area is 97.4 Å². The number of Topliss-reactive ketones (excluding diaryl/α,β-unsaturated/α-hetero) is 2. The Morgan fingerprint density at radius 1 is 0.941 bits per heavy atom. The van der Waals surface area contributed by atoms with E-state index < -0.39 is 5.92 Å². The van der Waals surface area contributed by atoms with Crippen molar-refractivity contribution in [2.24, 2.45) is 5.92 Å². The molecule has 3 nitrogen and oxygen atoms in total. The van der Waals surface area contributed by atoms with Gasteiger partial charge in [0.05, 0.1) is 0 Å². The lowest BCUT2D eigenvalue weighted by Gasteiger charge is -2.24. The number of carbonyl (C=O) groups excluding carboxylic acids is 3. The number of benzene rings is 1. The van der Waals surface area contributed by atoms with E-state index in [9.17, 15) is 14.4 Å². The van der Waals surface area contributed by atoms with Gasteiger partial charge in [-0.05, 0) is 6.08 Å². The first-order valence-corrected chi connectivity index (χ1v) is 5.30. The van der Waals surface area contributed by atoms with Gasteiger partial charge in [0.25, 0.3) is 0 Å². The maximum Gasteiger partial charge on any atom is 0.190 e. The Hall–Kier alpha value is -2.29. The predicted octanol–water partition coefficient (Wildman–Crippen LogP) is 1.75. The van der Waals surface area contributed by atoms with E-state index in [0.29, 0.717) is 16.7 Å². The van der Waals surface area contributed by atoms with E-state index in [4.69, 9.17) is 0 Å². The molecule has 3 heteroatoms. The van der Waals surface area contributed by atoms with Gasteiger partial charge in [0.2, 0.25) is 0 Å². The van der Waals surface area contributed by atoms with Gasteiger partial charge in [-0.15, -0.1) is 0 Å². The van der Waals surface area contributed by atoms with Crippen molar-refractivity contribution < 1.29 is 14.4 Å². The van der Waals surface area contributed by atoms with Crippen LogP contribution in [0.3, 0.4) is 0 Å². The molecule has 0 aliphatic heterocycles. The van der Waals surface area contributed by atoms with Crippen LogP contribution in [-0.2, 0) is 4.79 Å². The van der Waals surface area contributed by atoms with Crippen molar-refractivity contribution in [2.45, 2.75) is 0 Å². The van der Waals surface area contributed by atoms with Crippen molar-refractivity contribution in [2.75, 3.05) is 0 Å². The summed E-state index contributed by atoms with van der Waals surface area (Å²) in [6, 6.07) is 6.63. The lowest BCUT2D eigenvalue weighted by atomic mass is 9.74. The number of ketones is 3. The number of allylic oxidation sites excluding steroid dienone is 4. The van der Waals surface area contributed by atoms with Gasteiger partial charge in [0.15, 0.2) is 17.3 Å². The second-order valence-corrected chi connectivity index (χ2v) is 4.06. The van der Waals surface area contributed by atoms with Gasteiger partial charge in [0, 0.05) is 16.7 Å². The zero-order chi connectivity index (χ0) is 12.0. The lowest BCUT2D eigenvalue weighted by Crippen LogP contribution is -2.35. The first-order valence-electron chi connectivity index (χ1n) is 5.30. The summed E-state index contributed by atoms with van der Waals surface area (Å²) in [6.45, 7) is 0. The largest absolute Gasteiger partial charge is 0.294 e. The van der Waals surface area contributed by atoms with Crippen LogP contribution in [0.4, 0.5) is 0 Å². The highest BCUT2D eigenvalue weighted by Gasteiger charge is 2.40. The molecule has 1 aromatic rings. The Morgan fingerprint density at radius 2 is 1.65 bits per heavy atom. The highest BCUT2D eigenvalue weighted by Crippen LogP contribution is 2.32. The Bertz CT molecular complexity index is 620. The molecule has 0 heterocycles. The summed E-state index contributed by atoms with van der Waals surface area (Å²) in [5, 5.41) is 0. The molecule has 0 radical (unpaired) electrons. The summed E-state index contributed by atoms with van der Waals surface area (Å²) in [6.07, 6.45) is 4.42. The molecule has 0 spiro atoms. The molecule has 0 saturated heterocycles. The molecular formula is C14H8O3. The quantitative estimate of drug-likeness (QED) is 0.631. The maximum atomic E-state index is 12.2. The van der Waals surface area contributed by atoms with Crippen molar-refractivity contribution in [3.63, 3.8) is 0 Å². The van der Waals surface area contributed by atoms with Crippen LogP contribution in [0.5, 0.6) is 0 Å². The molecule has 0 bridgehead atoms. The van der Waals surface area contributed by atoms with Gasteiger partial charge in [-0.2, -0.15) is 0 Å². The van der Waals surface area contributed by atoms with E-state index in [1.807, 2.05) is 0 Å². The fourth-order valence-electron chi connectivity index (χ4n) is 2.28. The fraction of sp³-hybridized carbons (Fsp3) is 0.0714. The van der Waals surface area contributed by atoms with E-state index in [-0.39, 0.29) is 17.3 Å². The van der Waals surface area contributed by atoms with Gasteiger partial charge in [-0.25, -0.2) is 0 Å². The lowest BCUT2D eigenvalue weighted by molar-refractivity contribution is -0.116. The smallest absolute Gasteiger partial charge is 0.190 e. The van der Waals surface area contributed by atoms with Crippen molar-refractivity contribution in [1.82, 2.24) is 0 Å². The second-order valence-electron chi connectivity index (χ2n) is 4.06. The van der Waals surface area contributed by atoms with Gasteiger partial charge < -0.3 is 0 Å². The SMILES string of the molecule is O=C1C2=CC=CC(=O)C2C(=O)c2ccccc21. The molecule has 1 atom stereocenters. The van der Waals surface area contributed by atoms with Crippen molar-refractivity contribution in [3.8, 4) is 0 Å².